The van der Waals surface area contributed by atoms with Crippen LogP contribution in [0.25, 0.3) is 0 Å². The monoisotopic (exact) mass is 281 g/mol. The fraction of sp³-hybridized carbons (Fsp3) is 0.429. The number of carboxylic acids is 1. The number of amides is 1. The number of rotatable bonds is 4. The summed E-state index contributed by atoms with van der Waals surface area (Å²) < 4.78 is 18.5. The van der Waals surface area contributed by atoms with Crippen LogP contribution < -0.4 is 5.32 Å². The third-order valence-electron chi connectivity index (χ3n) is 3.42. The number of hydrogen-bond acceptors (Lipinski definition) is 3. The maximum absolute atomic E-state index is 13.1. The van der Waals surface area contributed by atoms with E-state index in [0.29, 0.717) is 19.4 Å². The van der Waals surface area contributed by atoms with E-state index in [4.69, 9.17) is 9.84 Å². The molecule has 1 aliphatic heterocycles. The molecular weight excluding hydrogens is 265 g/mol. The fourth-order valence-corrected chi connectivity index (χ4v) is 2.38. The average molecular weight is 281 g/mol. The number of benzene rings is 1. The predicted octanol–water partition coefficient (Wildman–Crippen LogP) is 2.28. The molecule has 2 N–H and O–H groups in total. The molecule has 1 saturated heterocycles. The van der Waals surface area contributed by atoms with Crippen molar-refractivity contribution in [2.45, 2.75) is 25.9 Å². The zero-order valence-corrected chi connectivity index (χ0v) is 11.1. The highest BCUT2D eigenvalue weighted by atomic mass is 19.1. The molecule has 1 aromatic carbocycles. The molecule has 108 valence electrons. The Hall–Kier alpha value is -1.95. The lowest BCUT2D eigenvalue weighted by atomic mass is 9.98. The second-order valence-corrected chi connectivity index (χ2v) is 4.70. The molecule has 20 heavy (non-hydrogen) atoms. The van der Waals surface area contributed by atoms with E-state index in [0.717, 1.165) is 12.1 Å². The van der Waals surface area contributed by atoms with Gasteiger partial charge in [-0.2, -0.15) is 0 Å². The zero-order valence-electron chi connectivity index (χ0n) is 11.1. The van der Waals surface area contributed by atoms with Crippen molar-refractivity contribution in [1.29, 1.82) is 0 Å². The van der Waals surface area contributed by atoms with Crippen LogP contribution in [0.4, 0.5) is 10.1 Å². The molecule has 1 fully saturated rings. The summed E-state index contributed by atoms with van der Waals surface area (Å²) in [6, 6.07) is 3.26. The van der Waals surface area contributed by atoms with Gasteiger partial charge in [-0.05, 0) is 31.0 Å². The van der Waals surface area contributed by atoms with Crippen molar-refractivity contribution in [2.24, 2.45) is 5.92 Å². The van der Waals surface area contributed by atoms with E-state index in [-0.39, 0.29) is 29.2 Å². The minimum absolute atomic E-state index is 0.102. The number of carbonyl (C=O) groups excluding carboxylic acids is 1. The molecule has 0 radical (unpaired) electrons. The SMILES string of the molecule is CCC1OCCC1C(=O)Nc1ccc(F)cc1C(=O)O. The van der Waals surface area contributed by atoms with Gasteiger partial charge in [0, 0.05) is 6.61 Å². The topological polar surface area (TPSA) is 75.6 Å². The number of hydrogen-bond donors (Lipinski definition) is 2. The molecule has 2 atom stereocenters. The van der Waals surface area contributed by atoms with E-state index in [9.17, 15) is 14.0 Å². The summed E-state index contributed by atoms with van der Waals surface area (Å²) in [6.45, 7) is 2.45. The van der Waals surface area contributed by atoms with E-state index >= 15 is 0 Å². The van der Waals surface area contributed by atoms with Crippen molar-refractivity contribution in [3.63, 3.8) is 0 Å². The molecular formula is C14H16FNO4. The summed E-state index contributed by atoms with van der Waals surface area (Å²) in [5.74, 6) is -2.53. The Bertz CT molecular complexity index is 532. The Kier molecular flexibility index (Phi) is 4.34. The van der Waals surface area contributed by atoms with Gasteiger partial charge < -0.3 is 15.2 Å². The molecule has 0 saturated carbocycles. The molecule has 2 rings (SSSR count). The molecule has 2 unspecified atom stereocenters. The van der Waals surface area contributed by atoms with Crippen molar-refractivity contribution in [2.75, 3.05) is 11.9 Å². The molecule has 0 aromatic heterocycles. The number of halogens is 1. The maximum atomic E-state index is 13.1. The van der Waals surface area contributed by atoms with E-state index in [1.165, 1.54) is 6.07 Å². The largest absolute Gasteiger partial charge is 0.478 e. The Morgan fingerprint density at radius 1 is 1.50 bits per heavy atom. The van der Waals surface area contributed by atoms with Crippen LogP contribution in [0.2, 0.25) is 0 Å². The summed E-state index contributed by atoms with van der Waals surface area (Å²) >= 11 is 0. The third kappa shape index (κ3) is 2.96. The van der Waals surface area contributed by atoms with Gasteiger partial charge in [-0.25, -0.2) is 9.18 Å². The van der Waals surface area contributed by atoms with Crippen molar-refractivity contribution in [1.82, 2.24) is 0 Å². The van der Waals surface area contributed by atoms with Gasteiger partial charge >= 0.3 is 5.97 Å². The molecule has 0 aliphatic carbocycles. The Morgan fingerprint density at radius 2 is 2.25 bits per heavy atom. The normalized spacial score (nSPS) is 21.7. The van der Waals surface area contributed by atoms with Crippen LogP contribution in [-0.2, 0) is 9.53 Å². The number of carbonyl (C=O) groups is 2. The molecule has 0 spiro atoms. The lowest BCUT2D eigenvalue weighted by Crippen LogP contribution is -2.29. The number of nitrogens with one attached hydrogen (secondary N) is 1. The second kappa shape index (κ2) is 6.00. The smallest absolute Gasteiger partial charge is 0.337 e. The van der Waals surface area contributed by atoms with E-state index in [1.807, 2.05) is 6.92 Å². The van der Waals surface area contributed by atoms with Crippen LogP contribution >= 0.6 is 0 Å². The summed E-state index contributed by atoms with van der Waals surface area (Å²) in [5.41, 5.74) is -0.157. The van der Waals surface area contributed by atoms with Crippen LogP contribution in [0.3, 0.4) is 0 Å². The quantitative estimate of drug-likeness (QED) is 0.887. The van der Waals surface area contributed by atoms with Crippen molar-refractivity contribution >= 4 is 17.6 Å². The van der Waals surface area contributed by atoms with Crippen LogP contribution in [0.5, 0.6) is 0 Å². The first-order chi connectivity index (χ1) is 9.52. The molecule has 5 nitrogen and oxygen atoms in total. The summed E-state index contributed by atoms with van der Waals surface area (Å²) in [6.07, 6.45) is 1.17. The highest BCUT2D eigenvalue weighted by Gasteiger charge is 2.33. The summed E-state index contributed by atoms with van der Waals surface area (Å²) in [7, 11) is 0. The van der Waals surface area contributed by atoms with Gasteiger partial charge in [-0.3, -0.25) is 4.79 Å². The first-order valence-corrected chi connectivity index (χ1v) is 6.48. The Labute approximate surface area is 115 Å². The highest BCUT2D eigenvalue weighted by Crippen LogP contribution is 2.26. The van der Waals surface area contributed by atoms with Gasteiger partial charge in [0.15, 0.2) is 0 Å². The van der Waals surface area contributed by atoms with Gasteiger partial charge in [0.1, 0.15) is 5.82 Å². The Balaban J connectivity index is 2.17. The van der Waals surface area contributed by atoms with E-state index < -0.39 is 11.8 Å². The van der Waals surface area contributed by atoms with E-state index in [1.54, 1.807) is 0 Å². The fourth-order valence-electron chi connectivity index (χ4n) is 2.38. The molecule has 1 amide bonds. The molecule has 6 heteroatoms. The minimum atomic E-state index is -1.28. The van der Waals surface area contributed by atoms with E-state index in [2.05, 4.69) is 5.32 Å². The van der Waals surface area contributed by atoms with Crippen molar-refractivity contribution < 1.29 is 23.8 Å². The number of ether oxygens (including phenoxy) is 1. The van der Waals surface area contributed by atoms with Crippen LogP contribution in [0, 0.1) is 11.7 Å². The minimum Gasteiger partial charge on any atom is -0.478 e. The molecule has 1 aliphatic rings. The predicted molar refractivity (Wildman–Crippen MR) is 70.1 cm³/mol. The average Bonchev–Trinajstić information content (AvgIpc) is 2.89. The first kappa shape index (κ1) is 14.5. The van der Waals surface area contributed by atoms with Gasteiger partial charge in [0.2, 0.25) is 5.91 Å². The van der Waals surface area contributed by atoms with Crippen molar-refractivity contribution in [3.8, 4) is 0 Å². The van der Waals surface area contributed by atoms with Crippen molar-refractivity contribution in [3.05, 3.63) is 29.6 Å². The number of anilines is 1. The van der Waals surface area contributed by atoms with Gasteiger partial charge in [-0.1, -0.05) is 6.92 Å². The standard InChI is InChI=1S/C14H16FNO4/c1-2-12-9(5-6-20-12)13(17)16-11-4-3-8(15)7-10(11)14(18)19/h3-4,7,9,12H,2,5-6H2,1H3,(H,16,17)(H,18,19). The highest BCUT2D eigenvalue weighted by molar-refractivity contribution is 6.01. The maximum Gasteiger partial charge on any atom is 0.337 e. The van der Waals surface area contributed by atoms with Gasteiger partial charge in [-0.15, -0.1) is 0 Å². The summed E-state index contributed by atoms with van der Waals surface area (Å²) in [4.78, 5) is 23.2. The zero-order chi connectivity index (χ0) is 14.7. The molecule has 0 bridgehead atoms. The van der Waals surface area contributed by atoms with Gasteiger partial charge in [0.25, 0.3) is 0 Å². The third-order valence-corrected chi connectivity index (χ3v) is 3.42. The number of carboxylic acid groups (broad SMARTS) is 1. The lowest BCUT2D eigenvalue weighted by Gasteiger charge is -2.17. The summed E-state index contributed by atoms with van der Waals surface area (Å²) in [5, 5.41) is 11.6. The Morgan fingerprint density at radius 3 is 2.90 bits per heavy atom. The number of aromatic carboxylic acids is 1. The van der Waals surface area contributed by atoms with Crippen LogP contribution in [0.1, 0.15) is 30.1 Å². The molecule has 1 heterocycles. The van der Waals surface area contributed by atoms with Crippen LogP contribution in [0.15, 0.2) is 18.2 Å². The van der Waals surface area contributed by atoms with Crippen LogP contribution in [-0.4, -0.2) is 29.7 Å². The lowest BCUT2D eigenvalue weighted by molar-refractivity contribution is -0.121. The second-order valence-electron chi connectivity index (χ2n) is 4.70. The first-order valence-electron chi connectivity index (χ1n) is 6.48. The molecule has 1 aromatic rings. The van der Waals surface area contributed by atoms with Gasteiger partial charge in [0.05, 0.1) is 23.3 Å².